The van der Waals surface area contributed by atoms with Gasteiger partial charge in [0.1, 0.15) is 0 Å². The van der Waals surface area contributed by atoms with E-state index in [0.29, 0.717) is 21.3 Å². The van der Waals surface area contributed by atoms with Crippen LogP contribution >= 0.6 is 46.7 Å². The molecule has 0 saturated heterocycles. The van der Waals surface area contributed by atoms with Gasteiger partial charge in [-0.05, 0) is 66.7 Å². The molecule has 0 radical (unpaired) electrons. The summed E-state index contributed by atoms with van der Waals surface area (Å²) in [5.41, 5.74) is 2.79. The van der Waals surface area contributed by atoms with Gasteiger partial charge in [-0.3, -0.25) is 14.5 Å². The second-order valence-corrected chi connectivity index (χ2v) is 10.6. The zero-order valence-electron chi connectivity index (χ0n) is 18.2. The number of para-hydroxylation sites is 2. The third-order valence-electron chi connectivity index (χ3n) is 5.33. The lowest BCUT2D eigenvalue weighted by molar-refractivity contribution is -0.115. The number of hydrogen-bond donors (Lipinski definition) is 1. The van der Waals surface area contributed by atoms with Gasteiger partial charge < -0.3 is 5.32 Å². The van der Waals surface area contributed by atoms with Gasteiger partial charge in [0.05, 0.1) is 27.7 Å². The predicted molar refractivity (Wildman–Crippen MR) is 146 cm³/mol. The molecule has 1 aliphatic rings. The zero-order chi connectivity index (χ0) is 24.4. The Bertz CT molecular complexity index is 1380. The maximum atomic E-state index is 13.3. The highest BCUT2D eigenvalue weighted by atomic mass is 35.5. The fraction of sp³-hybridized carbons (Fsp3) is 0.0370. The van der Waals surface area contributed by atoms with Crippen LogP contribution in [0.2, 0.25) is 10.0 Å². The first-order chi connectivity index (χ1) is 17.0. The number of thioether (sulfide) groups is 1. The van der Waals surface area contributed by atoms with Crippen molar-refractivity contribution in [3.8, 4) is 0 Å². The van der Waals surface area contributed by atoms with Crippen LogP contribution in [-0.2, 0) is 4.79 Å². The van der Waals surface area contributed by atoms with Crippen molar-refractivity contribution < 1.29 is 9.59 Å². The third-order valence-corrected chi connectivity index (χ3v) is 8.01. The number of fused-ring (bicyclic) bond motifs is 2. The number of carbonyl (C=O) groups is 2. The van der Waals surface area contributed by atoms with Crippen molar-refractivity contribution in [2.24, 2.45) is 0 Å². The first-order valence-electron chi connectivity index (χ1n) is 10.7. The molecule has 4 nitrogen and oxygen atoms in total. The molecule has 0 spiro atoms. The van der Waals surface area contributed by atoms with Crippen molar-refractivity contribution in [3.05, 3.63) is 107 Å². The molecule has 0 unspecified atom stereocenters. The fourth-order valence-corrected chi connectivity index (χ4v) is 5.99. The van der Waals surface area contributed by atoms with Crippen LogP contribution in [0.5, 0.6) is 0 Å². The van der Waals surface area contributed by atoms with E-state index in [1.54, 1.807) is 40.9 Å². The molecule has 8 heteroatoms. The topological polar surface area (TPSA) is 49.4 Å². The highest BCUT2D eigenvalue weighted by Gasteiger charge is 2.27. The summed E-state index contributed by atoms with van der Waals surface area (Å²) >= 11 is 15.2. The molecule has 5 rings (SSSR count). The summed E-state index contributed by atoms with van der Waals surface area (Å²) < 4.78 is 0. The molecule has 174 valence electrons. The molecule has 4 aromatic carbocycles. The summed E-state index contributed by atoms with van der Waals surface area (Å²) in [5.74, 6) is -0.0353. The van der Waals surface area contributed by atoms with Gasteiger partial charge in [-0.15, -0.1) is 11.8 Å². The van der Waals surface area contributed by atoms with Crippen molar-refractivity contribution in [3.63, 3.8) is 0 Å². The largest absolute Gasteiger partial charge is 0.322 e. The monoisotopic (exact) mass is 536 g/mol. The SMILES string of the molecule is O=C(Nc1ccc(SCC(=O)N2c3ccccc3Sc3ccccc32)cc1)c1ccc(Cl)cc1Cl. The number of carbonyl (C=O) groups excluding carboxylic acids is 2. The smallest absolute Gasteiger partial charge is 0.257 e. The zero-order valence-corrected chi connectivity index (χ0v) is 21.3. The Hall–Kier alpha value is -2.90. The van der Waals surface area contributed by atoms with Crippen LogP contribution in [0.15, 0.2) is 106 Å². The molecule has 4 aromatic rings. The summed E-state index contributed by atoms with van der Waals surface area (Å²) in [7, 11) is 0. The summed E-state index contributed by atoms with van der Waals surface area (Å²) in [6.07, 6.45) is 0. The van der Waals surface area contributed by atoms with Crippen LogP contribution in [0, 0.1) is 0 Å². The number of rotatable bonds is 5. The van der Waals surface area contributed by atoms with Crippen LogP contribution in [0.3, 0.4) is 0 Å². The highest BCUT2D eigenvalue weighted by Crippen LogP contribution is 2.48. The Morgan fingerprint density at radius 1 is 0.829 bits per heavy atom. The van der Waals surface area contributed by atoms with Gasteiger partial charge in [0.15, 0.2) is 0 Å². The minimum atomic E-state index is -0.317. The molecule has 2 amide bonds. The Morgan fingerprint density at radius 3 is 2.09 bits per heavy atom. The van der Waals surface area contributed by atoms with E-state index in [4.69, 9.17) is 23.2 Å². The van der Waals surface area contributed by atoms with Gasteiger partial charge in [0.2, 0.25) is 5.91 Å². The molecule has 35 heavy (non-hydrogen) atoms. The standard InChI is InChI=1S/C27H18Cl2N2O2S2/c28-17-9-14-20(21(29)15-17)27(33)30-18-10-12-19(13-11-18)34-16-26(32)31-22-5-1-3-7-24(22)35-25-8-4-2-6-23(25)31/h1-15H,16H2,(H,30,33). The molecule has 0 bridgehead atoms. The molecule has 0 atom stereocenters. The van der Waals surface area contributed by atoms with Gasteiger partial charge >= 0.3 is 0 Å². The van der Waals surface area contributed by atoms with Crippen LogP contribution in [0.25, 0.3) is 0 Å². The van der Waals surface area contributed by atoms with Gasteiger partial charge in [-0.1, -0.05) is 59.2 Å². The quantitative estimate of drug-likeness (QED) is 0.261. The van der Waals surface area contributed by atoms with Crippen LogP contribution in [-0.4, -0.2) is 17.6 Å². The molecule has 1 N–H and O–H groups in total. The van der Waals surface area contributed by atoms with E-state index in [-0.39, 0.29) is 17.6 Å². The van der Waals surface area contributed by atoms with E-state index < -0.39 is 0 Å². The summed E-state index contributed by atoms with van der Waals surface area (Å²) in [6.45, 7) is 0. The predicted octanol–water partition coefficient (Wildman–Crippen LogP) is 8.17. The number of benzene rings is 4. The average molecular weight is 537 g/mol. The Morgan fingerprint density at radius 2 is 1.46 bits per heavy atom. The molecule has 0 fully saturated rings. The summed E-state index contributed by atoms with van der Waals surface area (Å²) in [5, 5.41) is 3.59. The molecule has 0 aliphatic carbocycles. The van der Waals surface area contributed by atoms with Crippen molar-refractivity contribution in [1.29, 1.82) is 0 Å². The van der Waals surface area contributed by atoms with E-state index in [1.165, 1.54) is 17.8 Å². The van der Waals surface area contributed by atoms with Gasteiger partial charge in [-0.25, -0.2) is 0 Å². The maximum absolute atomic E-state index is 13.3. The maximum Gasteiger partial charge on any atom is 0.257 e. The second kappa shape index (κ2) is 10.4. The number of halogens is 2. The summed E-state index contributed by atoms with van der Waals surface area (Å²) in [6, 6.07) is 28.0. The summed E-state index contributed by atoms with van der Waals surface area (Å²) in [4.78, 5) is 30.7. The minimum absolute atomic E-state index is 0.00459. The van der Waals surface area contributed by atoms with E-state index in [1.807, 2.05) is 60.7 Å². The van der Waals surface area contributed by atoms with Gasteiger partial charge in [0, 0.05) is 25.4 Å². The van der Waals surface area contributed by atoms with Gasteiger partial charge in [-0.2, -0.15) is 0 Å². The lowest BCUT2D eigenvalue weighted by Gasteiger charge is -2.31. The number of nitrogens with zero attached hydrogens (tertiary/aromatic N) is 1. The number of amides is 2. The van der Waals surface area contributed by atoms with Crippen molar-refractivity contribution >= 4 is 75.6 Å². The molecule has 1 aliphatic heterocycles. The van der Waals surface area contributed by atoms with E-state index >= 15 is 0 Å². The number of anilines is 3. The Kier molecular flexibility index (Phi) is 7.07. The lowest BCUT2D eigenvalue weighted by Crippen LogP contribution is -2.29. The van der Waals surface area contributed by atoms with Crippen LogP contribution in [0.4, 0.5) is 17.1 Å². The average Bonchev–Trinajstić information content (AvgIpc) is 2.86. The first kappa shape index (κ1) is 23.8. The van der Waals surface area contributed by atoms with Crippen molar-refractivity contribution in [2.75, 3.05) is 16.0 Å². The number of nitrogens with one attached hydrogen (secondary N) is 1. The lowest BCUT2D eigenvalue weighted by atomic mass is 10.2. The third kappa shape index (κ3) is 5.21. The van der Waals surface area contributed by atoms with Crippen LogP contribution < -0.4 is 10.2 Å². The van der Waals surface area contributed by atoms with Crippen molar-refractivity contribution in [1.82, 2.24) is 0 Å². The number of hydrogen-bond acceptors (Lipinski definition) is 4. The van der Waals surface area contributed by atoms with Crippen molar-refractivity contribution in [2.45, 2.75) is 14.7 Å². The van der Waals surface area contributed by atoms with E-state index in [0.717, 1.165) is 26.1 Å². The highest BCUT2D eigenvalue weighted by molar-refractivity contribution is 8.00. The molecule has 1 heterocycles. The Balaban J connectivity index is 1.26. The van der Waals surface area contributed by atoms with Crippen LogP contribution in [0.1, 0.15) is 10.4 Å². The molecule has 0 aromatic heterocycles. The first-order valence-corrected chi connectivity index (χ1v) is 13.2. The minimum Gasteiger partial charge on any atom is -0.322 e. The molecule has 0 saturated carbocycles. The normalized spacial score (nSPS) is 12.0. The van der Waals surface area contributed by atoms with E-state index in [9.17, 15) is 9.59 Å². The molecular weight excluding hydrogens is 519 g/mol. The second-order valence-electron chi connectivity index (χ2n) is 7.66. The Labute approximate surface area is 221 Å². The fourth-order valence-electron chi connectivity index (χ4n) is 3.69. The van der Waals surface area contributed by atoms with Gasteiger partial charge in [0.25, 0.3) is 5.91 Å². The van der Waals surface area contributed by atoms with E-state index in [2.05, 4.69) is 5.32 Å². The molecular formula is C27H18Cl2N2O2S2.